The third-order valence-corrected chi connectivity index (χ3v) is 2.95. The molecule has 4 heteroatoms. The van der Waals surface area contributed by atoms with E-state index in [0.717, 1.165) is 23.7 Å². The summed E-state index contributed by atoms with van der Waals surface area (Å²) in [6.07, 6.45) is 0.814. The van der Waals surface area contributed by atoms with Crippen LogP contribution >= 0.6 is 11.6 Å². The zero-order valence-electron chi connectivity index (χ0n) is 11.3. The molecule has 0 aliphatic rings. The van der Waals surface area contributed by atoms with Crippen LogP contribution in [0.1, 0.15) is 6.42 Å². The van der Waals surface area contributed by atoms with E-state index in [0.29, 0.717) is 18.2 Å². The van der Waals surface area contributed by atoms with Crippen molar-refractivity contribution in [1.29, 1.82) is 0 Å². The minimum Gasteiger partial charge on any atom is -0.497 e. The molecule has 2 rings (SSSR count). The Hall–Kier alpha value is -1.87. The topological polar surface area (TPSA) is 27.7 Å². The summed E-state index contributed by atoms with van der Waals surface area (Å²) >= 11 is 5.80. The Bertz CT molecular complexity index is 508. The lowest BCUT2D eigenvalue weighted by molar-refractivity contribution is 0.247. The highest BCUT2D eigenvalue weighted by Crippen LogP contribution is 2.17. The molecule has 2 aromatic rings. The molecule has 0 bridgehead atoms. The first kappa shape index (κ1) is 14.5. The van der Waals surface area contributed by atoms with Gasteiger partial charge in [-0.1, -0.05) is 11.6 Å². The van der Waals surface area contributed by atoms with E-state index in [2.05, 4.69) is 0 Å². The lowest BCUT2D eigenvalue weighted by Crippen LogP contribution is -2.04. The van der Waals surface area contributed by atoms with Gasteiger partial charge in [0.1, 0.15) is 17.2 Å². The van der Waals surface area contributed by atoms with E-state index in [-0.39, 0.29) is 0 Å². The fourth-order valence-electron chi connectivity index (χ4n) is 1.64. The number of ether oxygens (including phenoxy) is 3. The van der Waals surface area contributed by atoms with Gasteiger partial charge in [-0.2, -0.15) is 0 Å². The van der Waals surface area contributed by atoms with E-state index in [1.807, 2.05) is 48.5 Å². The lowest BCUT2D eigenvalue weighted by atomic mass is 10.3. The molecule has 0 radical (unpaired) electrons. The van der Waals surface area contributed by atoms with Crippen LogP contribution in [0.4, 0.5) is 0 Å². The van der Waals surface area contributed by atoms with E-state index >= 15 is 0 Å². The lowest BCUT2D eigenvalue weighted by Gasteiger charge is -2.08. The molecule has 0 atom stereocenters. The average molecular weight is 293 g/mol. The van der Waals surface area contributed by atoms with Gasteiger partial charge in [0, 0.05) is 11.4 Å². The highest BCUT2D eigenvalue weighted by Gasteiger charge is 1.97. The van der Waals surface area contributed by atoms with Crippen LogP contribution in [0.3, 0.4) is 0 Å². The molecule has 2 aromatic carbocycles. The van der Waals surface area contributed by atoms with Crippen molar-refractivity contribution >= 4 is 11.6 Å². The molecule has 3 nitrogen and oxygen atoms in total. The van der Waals surface area contributed by atoms with Gasteiger partial charge < -0.3 is 14.2 Å². The summed E-state index contributed by atoms with van der Waals surface area (Å²) < 4.78 is 16.3. The maximum absolute atomic E-state index is 5.80. The predicted molar refractivity (Wildman–Crippen MR) is 80.1 cm³/mol. The smallest absolute Gasteiger partial charge is 0.119 e. The zero-order chi connectivity index (χ0) is 14.2. The van der Waals surface area contributed by atoms with Crippen molar-refractivity contribution in [3.8, 4) is 17.2 Å². The molecular formula is C16H17ClO3. The van der Waals surface area contributed by atoms with Crippen LogP contribution in [0.15, 0.2) is 48.5 Å². The largest absolute Gasteiger partial charge is 0.497 e. The minimum absolute atomic E-state index is 0.609. The van der Waals surface area contributed by atoms with Crippen LogP contribution in [0.5, 0.6) is 17.2 Å². The van der Waals surface area contributed by atoms with Gasteiger partial charge in [-0.15, -0.1) is 0 Å². The Balaban J connectivity index is 1.64. The Morgan fingerprint density at radius 2 is 1.20 bits per heavy atom. The van der Waals surface area contributed by atoms with E-state index in [1.165, 1.54) is 0 Å². The Labute approximate surface area is 124 Å². The van der Waals surface area contributed by atoms with E-state index in [4.69, 9.17) is 25.8 Å². The molecule has 20 heavy (non-hydrogen) atoms. The van der Waals surface area contributed by atoms with Crippen molar-refractivity contribution in [3.63, 3.8) is 0 Å². The van der Waals surface area contributed by atoms with Crippen LogP contribution in [0.2, 0.25) is 5.02 Å². The Morgan fingerprint density at radius 3 is 1.70 bits per heavy atom. The van der Waals surface area contributed by atoms with Gasteiger partial charge in [-0.3, -0.25) is 0 Å². The minimum atomic E-state index is 0.609. The van der Waals surface area contributed by atoms with Gasteiger partial charge in [0.25, 0.3) is 0 Å². The second-order valence-electron chi connectivity index (χ2n) is 4.18. The first-order chi connectivity index (χ1) is 9.78. The highest BCUT2D eigenvalue weighted by atomic mass is 35.5. The third kappa shape index (κ3) is 4.67. The normalized spacial score (nSPS) is 10.1. The fourth-order valence-corrected chi connectivity index (χ4v) is 1.77. The Morgan fingerprint density at radius 1 is 0.750 bits per heavy atom. The van der Waals surface area contributed by atoms with Crippen LogP contribution in [-0.2, 0) is 0 Å². The standard InChI is InChI=1S/C16H17ClO3/c1-18-14-7-9-16(10-8-14)20-12-2-11-19-15-5-3-13(17)4-6-15/h3-10H,2,11-12H2,1H3. The fraction of sp³-hybridized carbons (Fsp3) is 0.250. The molecule has 0 saturated carbocycles. The summed E-state index contributed by atoms with van der Waals surface area (Å²) in [5.74, 6) is 2.47. The van der Waals surface area contributed by atoms with Crippen molar-refractivity contribution in [2.45, 2.75) is 6.42 Å². The van der Waals surface area contributed by atoms with Crippen LogP contribution < -0.4 is 14.2 Å². The van der Waals surface area contributed by atoms with Gasteiger partial charge in [0.05, 0.1) is 20.3 Å². The van der Waals surface area contributed by atoms with E-state index < -0.39 is 0 Å². The van der Waals surface area contributed by atoms with Crippen molar-refractivity contribution < 1.29 is 14.2 Å². The van der Waals surface area contributed by atoms with Crippen LogP contribution in [0, 0.1) is 0 Å². The van der Waals surface area contributed by atoms with Crippen molar-refractivity contribution in [3.05, 3.63) is 53.6 Å². The molecule has 0 aromatic heterocycles. The summed E-state index contributed by atoms with van der Waals surface area (Å²) in [5, 5.41) is 0.709. The zero-order valence-corrected chi connectivity index (χ0v) is 12.1. The quantitative estimate of drug-likeness (QED) is 0.716. The summed E-state index contributed by atoms with van der Waals surface area (Å²) in [4.78, 5) is 0. The van der Waals surface area contributed by atoms with Crippen LogP contribution in [0.25, 0.3) is 0 Å². The van der Waals surface area contributed by atoms with E-state index in [9.17, 15) is 0 Å². The number of hydrogen-bond acceptors (Lipinski definition) is 3. The van der Waals surface area contributed by atoms with Gasteiger partial charge in [-0.05, 0) is 48.5 Å². The van der Waals surface area contributed by atoms with Gasteiger partial charge in [-0.25, -0.2) is 0 Å². The first-order valence-corrected chi connectivity index (χ1v) is 6.81. The molecule has 0 heterocycles. The molecule has 0 unspecified atom stereocenters. The molecule has 0 N–H and O–H groups in total. The highest BCUT2D eigenvalue weighted by molar-refractivity contribution is 6.30. The number of hydrogen-bond donors (Lipinski definition) is 0. The molecule has 106 valence electrons. The molecule has 0 saturated heterocycles. The number of benzene rings is 2. The van der Waals surface area contributed by atoms with Crippen molar-refractivity contribution in [2.75, 3.05) is 20.3 Å². The maximum atomic E-state index is 5.80. The van der Waals surface area contributed by atoms with Gasteiger partial charge in [0.15, 0.2) is 0 Å². The Kier molecular flexibility index (Phi) is 5.56. The molecular weight excluding hydrogens is 276 g/mol. The summed E-state index contributed by atoms with van der Waals surface area (Å²) in [6, 6.07) is 14.9. The number of halogens is 1. The number of methoxy groups -OCH3 is 1. The van der Waals surface area contributed by atoms with E-state index in [1.54, 1.807) is 7.11 Å². The van der Waals surface area contributed by atoms with Gasteiger partial charge in [0.2, 0.25) is 0 Å². The van der Waals surface area contributed by atoms with Gasteiger partial charge >= 0.3 is 0 Å². The molecule has 0 amide bonds. The molecule has 0 fully saturated rings. The summed E-state index contributed by atoms with van der Waals surface area (Å²) in [7, 11) is 1.64. The van der Waals surface area contributed by atoms with Crippen molar-refractivity contribution in [1.82, 2.24) is 0 Å². The van der Waals surface area contributed by atoms with Crippen molar-refractivity contribution in [2.24, 2.45) is 0 Å². The molecule has 0 spiro atoms. The first-order valence-electron chi connectivity index (χ1n) is 6.43. The summed E-state index contributed by atoms with van der Waals surface area (Å²) in [5.41, 5.74) is 0. The average Bonchev–Trinajstić information content (AvgIpc) is 2.49. The third-order valence-electron chi connectivity index (χ3n) is 2.70. The molecule has 0 aliphatic heterocycles. The summed E-state index contributed by atoms with van der Waals surface area (Å²) in [6.45, 7) is 1.22. The maximum Gasteiger partial charge on any atom is 0.119 e. The number of rotatable bonds is 7. The SMILES string of the molecule is COc1ccc(OCCCOc2ccc(Cl)cc2)cc1. The second kappa shape index (κ2) is 7.65. The van der Waals surface area contributed by atoms with Crippen LogP contribution in [-0.4, -0.2) is 20.3 Å². The monoisotopic (exact) mass is 292 g/mol. The molecule has 0 aliphatic carbocycles. The predicted octanol–water partition coefficient (Wildman–Crippen LogP) is 4.20. The second-order valence-corrected chi connectivity index (χ2v) is 4.62.